The predicted octanol–water partition coefficient (Wildman–Crippen LogP) is 2.05. The van der Waals surface area contributed by atoms with Crippen LogP contribution in [0.1, 0.15) is 34.5 Å². The van der Waals surface area contributed by atoms with E-state index in [1.165, 1.54) is 10.4 Å². The van der Waals surface area contributed by atoms with Crippen molar-refractivity contribution >= 4 is 38.1 Å². The third-order valence-corrected chi connectivity index (χ3v) is 8.01. The summed E-state index contributed by atoms with van der Waals surface area (Å²) in [6.45, 7) is 1.40. The number of carbonyl (C=O) groups excluding carboxylic acids is 1. The maximum Gasteiger partial charge on any atom is 0.214 e. The molecule has 8 nitrogen and oxygen atoms in total. The fourth-order valence-electron chi connectivity index (χ4n) is 3.40. The number of rotatable bonds is 9. The van der Waals surface area contributed by atoms with Crippen LogP contribution < -0.4 is 16.4 Å². The zero-order valence-electron chi connectivity index (χ0n) is 17.0. The minimum absolute atomic E-state index is 0.0453. The zero-order valence-corrected chi connectivity index (χ0v) is 18.7. The Morgan fingerprint density at radius 1 is 1.29 bits per heavy atom. The maximum absolute atomic E-state index is 13.9. The molecule has 0 bridgehead atoms. The molecular formula is C19H25F2N5O3S2. The SMILES string of the molecule is CNCCCS(=O)(=O)N1CCC(Nc2nc(N)c(C(=O)c3c(F)cccc3F)s2)CC1. The third kappa shape index (κ3) is 5.56. The number of nitrogens with two attached hydrogens (primary N) is 1. The molecule has 1 aliphatic rings. The lowest BCUT2D eigenvalue weighted by molar-refractivity contribution is 0.103. The van der Waals surface area contributed by atoms with Crippen LogP contribution in [0.4, 0.5) is 19.7 Å². The third-order valence-electron chi connectivity index (χ3n) is 5.05. The van der Waals surface area contributed by atoms with Gasteiger partial charge < -0.3 is 16.4 Å². The molecule has 0 amide bonds. The first-order valence-electron chi connectivity index (χ1n) is 9.87. The number of nitrogen functional groups attached to an aromatic ring is 1. The van der Waals surface area contributed by atoms with Gasteiger partial charge in [0.1, 0.15) is 22.3 Å². The minimum Gasteiger partial charge on any atom is -0.382 e. The van der Waals surface area contributed by atoms with E-state index >= 15 is 0 Å². The molecule has 170 valence electrons. The maximum atomic E-state index is 13.9. The first kappa shape index (κ1) is 23.5. The topological polar surface area (TPSA) is 117 Å². The molecule has 1 fully saturated rings. The van der Waals surface area contributed by atoms with E-state index in [4.69, 9.17) is 5.73 Å². The van der Waals surface area contributed by atoms with Crippen molar-refractivity contribution in [3.63, 3.8) is 0 Å². The Bertz CT molecular complexity index is 1020. The largest absolute Gasteiger partial charge is 0.382 e. The van der Waals surface area contributed by atoms with Crippen LogP contribution in [0.3, 0.4) is 0 Å². The van der Waals surface area contributed by atoms with Crippen molar-refractivity contribution in [2.45, 2.75) is 25.3 Å². The summed E-state index contributed by atoms with van der Waals surface area (Å²) in [5, 5.41) is 6.45. The molecule has 0 aliphatic carbocycles. The van der Waals surface area contributed by atoms with Crippen molar-refractivity contribution in [2.75, 3.05) is 43.5 Å². The predicted molar refractivity (Wildman–Crippen MR) is 117 cm³/mol. The second-order valence-corrected chi connectivity index (χ2v) is 10.3. The fraction of sp³-hybridized carbons (Fsp3) is 0.474. The van der Waals surface area contributed by atoms with Crippen LogP contribution in [0.15, 0.2) is 18.2 Å². The highest BCUT2D eigenvalue weighted by molar-refractivity contribution is 7.89. The molecule has 4 N–H and O–H groups in total. The Kier molecular flexibility index (Phi) is 7.57. The molecule has 0 radical (unpaired) electrons. The molecule has 31 heavy (non-hydrogen) atoms. The van der Waals surface area contributed by atoms with E-state index in [0.717, 1.165) is 23.5 Å². The van der Waals surface area contributed by atoms with E-state index in [-0.39, 0.29) is 22.5 Å². The molecule has 2 aromatic rings. The number of nitrogens with one attached hydrogen (secondary N) is 2. The summed E-state index contributed by atoms with van der Waals surface area (Å²) in [5.41, 5.74) is 5.16. The van der Waals surface area contributed by atoms with Crippen molar-refractivity contribution in [1.29, 1.82) is 0 Å². The van der Waals surface area contributed by atoms with Crippen molar-refractivity contribution in [3.8, 4) is 0 Å². The van der Waals surface area contributed by atoms with E-state index in [9.17, 15) is 22.0 Å². The van der Waals surface area contributed by atoms with Crippen LogP contribution in [-0.4, -0.2) is 62.0 Å². The first-order valence-corrected chi connectivity index (χ1v) is 12.3. The lowest BCUT2D eigenvalue weighted by Gasteiger charge is -2.31. The summed E-state index contributed by atoms with van der Waals surface area (Å²) in [6.07, 6.45) is 1.68. The minimum atomic E-state index is -3.29. The lowest BCUT2D eigenvalue weighted by atomic mass is 10.1. The molecule has 0 atom stereocenters. The van der Waals surface area contributed by atoms with Gasteiger partial charge >= 0.3 is 0 Å². The molecule has 0 unspecified atom stereocenters. The molecule has 1 aromatic carbocycles. The van der Waals surface area contributed by atoms with Crippen molar-refractivity contribution < 1.29 is 22.0 Å². The number of nitrogens with zero attached hydrogens (tertiary/aromatic N) is 2. The van der Waals surface area contributed by atoms with Crippen LogP contribution >= 0.6 is 11.3 Å². The summed E-state index contributed by atoms with van der Waals surface area (Å²) in [6, 6.07) is 3.14. The van der Waals surface area contributed by atoms with Gasteiger partial charge in [-0.3, -0.25) is 4.79 Å². The molecule has 3 rings (SSSR count). The number of aromatic nitrogens is 1. The summed E-state index contributed by atoms with van der Waals surface area (Å²) in [4.78, 5) is 16.6. The average Bonchev–Trinajstić information content (AvgIpc) is 3.08. The Labute approximate surface area is 183 Å². The van der Waals surface area contributed by atoms with Gasteiger partial charge in [-0.15, -0.1) is 0 Å². The van der Waals surface area contributed by atoms with Crippen LogP contribution in [-0.2, 0) is 10.0 Å². The van der Waals surface area contributed by atoms with E-state index in [1.807, 2.05) is 0 Å². The molecule has 1 aromatic heterocycles. The Morgan fingerprint density at radius 3 is 2.55 bits per heavy atom. The van der Waals surface area contributed by atoms with E-state index < -0.39 is 33.0 Å². The smallest absolute Gasteiger partial charge is 0.214 e. The van der Waals surface area contributed by atoms with Gasteiger partial charge in [0.15, 0.2) is 5.13 Å². The van der Waals surface area contributed by atoms with E-state index in [0.29, 0.717) is 44.0 Å². The molecule has 1 saturated heterocycles. The number of carbonyl (C=O) groups is 1. The van der Waals surface area contributed by atoms with Gasteiger partial charge in [0.25, 0.3) is 0 Å². The van der Waals surface area contributed by atoms with Gasteiger partial charge in [0.2, 0.25) is 15.8 Å². The Morgan fingerprint density at radius 2 is 1.94 bits per heavy atom. The number of sulfonamides is 1. The number of halogens is 2. The van der Waals surface area contributed by atoms with Gasteiger partial charge in [0, 0.05) is 19.1 Å². The van der Waals surface area contributed by atoms with Crippen molar-refractivity contribution in [3.05, 3.63) is 40.3 Å². The molecule has 0 spiro atoms. The number of hydrogen-bond donors (Lipinski definition) is 3. The summed E-state index contributed by atoms with van der Waals surface area (Å²) in [5.74, 6) is -2.79. The lowest BCUT2D eigenvalue weighted by Crippen LogP contribution is -2.43. The fourth-order valence-corrected chi connectivity index (χ4v) is 5.84. The zero-order chi connectivity index (χ0) is 22.6. The monoisotopic (exact) mass is 473 g/mol. The standard InChI is InChI=1S/C19H25F2N5O3S2/c1-23-8-3-11-31(28,29)26-9-6-12(7-10-26)24-19-25-18(22)17(30-19)16(27)15-13(20)4-2-5-14(15)21/h2,4-5,12,23H,3,6-11,22H2,1H3,(H,24,25). The second-order valence-electron chi connectivity index (χ2n) is 7.25. The highest BCUT2D eigenvalue weighted by Crippen LogP contribution is 2.30. The summed E-state index contributed by atoms with van der Waals surface area (Å²) < 4.78 is 54.2. The second kappa shape index (κ2) is 9.98. The van der Waals surface area contributed by atoms with Gasteiger partial charge in [-0.25, -0.2) is 26.5 Å². The van der Waals surface area contributed by atoms with Crippen molar-refractivity contribution in [1.82, 2.24) is 14.6 Å². The van der Waals surface area contributed by atoms with Crippen LogP contribution in [0.5, 0.6) is 0 Å². The highest BCUT2D eigenvalue weighted by Gasteiger charge is 2.29. The number of benzene rings is 1. The molecular weight excluding hydrogens is 448 g/mol. The van der Waals surface area contributed by atoms with Gasteiger partial charge in [0.05, 0.1) is 11.3 Å². The number of piperidine rings is 1. The Hall–Kier alpha value is -2.15. The first-order chi connectivity index (χ1) is 14.7. The van der Waals surface area contributed by atoms with Crippen LogP contribution in [0.2, 0.25) is 0 Å². The van der Waals surface area contributed by atoms with E-state index in [1.54, 1.807) is 7.05 Å². The molecule has 12 heteroatoms. The highest BCUT2D eigenvalue weighted by atomic mass is 32.2. The normalized spacial score (nSPS) is 15.8. The van der Waals surface area contributed by atoms with Crippen molar-refractivity contribution in [2.24, 2.45) is 0 Å². The quantitative estimate of drug-likeness (QED) is 0.377. The van der Waals surface area contributed by atoms with Crippen LogP contribution in [0, 0.1) is 11.6 Å². The summed E-state index contributed by atoms with van der Waals surface area (Å²) >= 11 is 0.925. The molecule has 1 aliphatic heterocycles. The average molecular weight is 474 g/mol. The Balaban J connectivity index is 1.62. The molecule has 0 saturated carbocycles. The number of thiazole rings is 1. The van der Waals surface area contributed by atoms with Crippen LogP contribution in [0.25, 0.3) is 0 Å². The van der Waals surface area contributed by atoms with Gasteiger partial charge in [-0.1, -0.05) is 17.4 Å². The summed E-state index contributed by atoms with van der Waals surface area (Å²) in [7, 11) is -1.51. The number of hydrogen-bond acceptors (Lipinski definition) is 8. The molecule has 2 heterocycles. The van der Waals surface area contributed by atoms with E-state index in [2.05, 4.69) is 15.6 Å². The van der Waals surface area contributed by atoms with Gasteiger partial charge in [-0.05, 0) is 45.0 Å². The number of anilines is 2. The number of ketones is 1. The van der Waals surface area contributed by atoms with Gasteiger partial charge in [-0.2, -0.15) is 0 Å².